The number of benzene rings is 1. The van der Waals surface area contributed by atoms with Gasteiger partial charge in [0.2, 0.25) is 15.3 Å². The van der Waals surface area contributed by atoms with Crippen LogP contribution in [0.1, 0.15) is 12.5 Å². The molecule has 0 fully saturated rings. The maximum Gasteiger partial charge on any atom is 0.322 e. The summed E-state index contributed by atoms with van der Waals surface area (Å²) >= 11 is 4.64. The Morgan fingerprint density at radius 1 is 1.30 bits per heavy atom. The molecule has 0 aliphatic heterocycles. The smallest absolute Gasteiger partial charge is 0.322 e. The Morgan fingerprint density at radius 2 is 1.75 bits per heavy atom. The van der Waals surface area contributed by atoms with E-state index in [4.69, 9.17) is 5.11 Å². The summed E-state index contributed by atoms with van der Waals surface area (Å²) in [6.45, 7) is 1.29. The van der Waals surface area contributed by atoms with Crippen LogP contribution in [0.5, 0.6) is 0 Å². The lowest BCUT2D eigenvalue weighted by molar-refractivity contribution is -0.138. The Bertz CT molecular complexity index is 540. The fraction of sp³-hybridized carbons (Fsp3) is 0.333. The van der Waals surface area contributed by atoms with E-state index >= 15 is 0 Å². The minimum atomic E-state index is -3.52. The number of hydrogen-bond donors (Lipinski definition) is 2. The molecule has 0 heterocycles. The molecule has 1 unspecified atom stereocenters. The van der Waals surface area contributed by atoms with E-state index in [1.54, 1.807) is 24.3 Å². The fourth-order valence-electron chi connectivity index (χ4n) is 1.29. The van der Waals surface area contributed by atoms with Gasteiger partial charge in [-0.05, 0) is 23.6 Å². The number of aliphatic carboxylic acids is 1. The van der Waals surface area contributed by atoms with Crippen molar-refractivity contribution in [3.8, 4) is 0 Å². The first-order valence-corrected chi connectivity index (χ1v) is 7.79. The minimum absolute atomic E-state index is 0.128. The SMILES string of the molecule is CC(=O)Cl.CS(=O)(=O)NC(Cc1ccccc1)C(=O)O. The molecule has 0 saturated heterocycles. The van der Waals surface area contributed by atoms with Crippen molar-refractivity contribution in [1.29, 1.82) is 0 Å². The van der Waals surface area contributed by atoms with E-state index in [9.17, 15) is 18.0 Å². The largest absolute Gasteiger partial charge is 0.480 e. The molecule has 2 N–H and O–H groups in total. The Balaban J connectivity index is 0.000000796. The summed E-state index contributed by atoms with van der Waals surface area (Å²) in [6.07, 6.45) is 1.07. The maximum absolute atomic E-state index is 11.0. The molecule has 0 radical (unpaired) electrons. The van der Waals surface area contributed by atoms with Crippen molar-refractivity contribution < 1.29 is 23.1 Å². The number of carbonyl (C=O) groups excluding carboxylic acids is 1. The van der Waals surface area contributed by atoms with Crippen molar-refractivity contribution in [2.24, 2.45) is 0 Å². The predicted molar refractivity (Wildman–Crippen MR) is 76.1 cm³/mol. The summed E-state index contributed by atoms with van der Waals surface area (Å²) in [7, 11) is -3.52. The van der Waals surface area contributed by atoms with Gasteiger partial charge in [0.25, 0.3) is 0 Å². The number of carboxylic acid groups (broad SMARTS) is 1. The molecule has 1 rings (SSSR count). The van der Waals surface area contributed by atoms with Gasteiger partial charge in [-0.15, -0.1) is 0 Å². The van der Waals surface area contributed by atoms with Crippen molar-refractivity contribution in [3.63, 3.8) is 0 Å². The summed E-state index contributed by atoms with van der Waals surface area (Å²) in [5.74, 6) is -1.19. The quantitative estimate of drug-likeness (QED) is 0.788. The van der Waals surface area contributed by atoms with Gasteiger partial charge in [0.05, 0.1) is 6.26 Å². The van der Waals surface area contributed by atoms with Gasteiger partial charge < -0.3 is 5.11 Å². The third-order valence-corrected chi connectivity index (χ3v) is 2.65. The number of rotatable bonds is 5. The van der Waals surface area contributed by atoms with Crippen molar-refractivity contribution >= 4 is 32.8 Å². The molecule has 8 heteroatoms. The summed E-state index contributed by atoms with van der Waals surface area (Å²) < 4.78 is 24.0. The highest BCUT2D eigenvalue weighted by Crippen LogP contribution is 2.04. The Morgan fingerprint density at radius 3 is 2.10 bits per heavy atom. The molecule has 0 amide bonds. The Labute approximate surface area is 122 Å². The van der Waals surface area contributed by atoms with Crippen LogP contribution in [0.2, 0.25) is 0 Å². The molecule has 0 aromatic heterocycles. The molecule has 1 aromatic rings. The number of nitrogens with one attached hydrogen (secondary N) is 1. The zero-order chi connectivity index (χ0) is 15.8. The summed E-state index contributed by atoms with van der Waals surface area (Å²) in [5.41, 5.74) is 0.769. The molecule has 0 saturated carbocycles. The van der Waals surface area contributed by atoms with E-state index < -0.39 is 22.0 Å². The maximum atomic E-state index is 11.0. The van der Waals surface area contributed by atoms with E-state index in [0.29, 0.717) is 0 Å². The van der Waals surface area contributed by atoms with Gasteiger partial charge in [0.15, 0.2) is 0 Å². The van der Waals surface area contributed by atoms with Gasteiger partial charge in [-0.3, -0.25) is 9.59 Å². The predicted octanol–water partition coefficient (Wildman–Crippen LogP) is 1.00. The molecule has 112 valence electrons. The van der Waals surface area contributed by atoms with Crippen LogP contribution in [0.4, 0.5) is 0 Å². The van der Waals surface area contributed by atoms with E-state index in [1.165, 1.54) is 6.92 Å². The Hall–Kier alpha value is -1.44. The minimum Gasteiger partial charge on any atom is -0.480 e. The summed E-state index contributed by atoms with van der Waals surface area (Å²) in [5, 5.41) is 8.51. The molecule has 0 aliphatic rings. The standard InChI is InChI=1S/C10H13NO4S.C2H3ClO/c1-16(14,15)11-9(10(12)13)7-8-5-3-2-4-6-8;1-2(3)4/h2-6,9,11H,7H2,1H3,(H,12,13);1H3. The number of carbonyl (C=O) groups is 2. The van der Waals surface area contributed by atoms with Crippen LogP contribution < -0.4 is 4.72 Å². The molecule has 0 spiro atoms. The second-order valence-electron chi connectivity index (χ2n) is 3.94. The van der Waals surface area contributed by atoms with Crippen LogP contribution in [-0.4, -0.2) is 37.0 Å². The molecule has 1 aromatic carbocycles. The van der Waals surface area contributed by atoms with Crippen LogP contribution in [0, 0.1) is 0 Å². The van der Waals surface area contributed by atoms with Gasteiger partial charge in [-0.1, -0.05) is 30.3 Å². The molecule has 0 aliphatic carbocycles. The Kier molecular flexibility index (Phi) is 8.05. The van der Waals surface area contributed by atoms with Gasteiger partial charge in [-0.25, -0.2) is 13.1 Å². The van der Waals surface area contributed by atoms with Gasteiger partial charge in [-0.2, -0.15) is 0 Å². The van der Waals surface area contributed by atoms with Crippen LogP contribution in [0.25, 0.3) is 0 Å². The second kappa shape index (κ2) is 8.68. The molecule has 6 nitrogen and oxygen atoms in total. The van der Waals surface area contributed by atoms with E-state index in [-0.39, 0.29) is 11.7 Å². The summed E-state index contributed by atoms with van der Waals surface area (Å²) in [6, 6.07) is 7.73. The topological polar surface area (TPSA) is 101 Å². The molecule has 0 bridgehead atoms. The average molecular weight is 322 g/mol. The lowest BCUT2D eigenvalue weighted by atomic mass is 10.1. The number of halogens is 1. The first kappa shape index (κ1) is 18.6. The zero-order valence-electron chi connectivity index (χ0n) is 11.0. The van der Waals surface area contributed by atoms with Crippen molar-refractivity contribution in [3.05, 3.63) is 35.9 Å². The molecular formula is C12H16ClNO5S. The lowest BCUT2D eigenvalue weighted by Gasteiger charge is -2.12. The third-order valence-electron chi connectivity index (χ3n) is 1.94. The van der Waals surface area contributed by atoms with E-state index in [1.807, 2.05) is 6.07 Å². The third kappa shape index (κ3) is 10.5. The highest BCUT2D eigenvalue weighted by molar-refractivity contribution is 7.88. The monoisotopic (exact) mass is 321 g/mol. The van der Waals surface area contributed by atoms with Crippen LogP contribution in [0.15, 0.2) is 30.3 Å². The number of sulfonamides is 1. The zero-order valence-corrected chi connectivity index (χ0v) is 12.6. The van der Waals surface area contributed by atoms with Crippen molar-refractivity contribution in [1.82, 2.24) is 4.72 Å². The van der Waals surface area contributed by atoms with Gasteiger partial charge in [0, 0.05) is 6.92 Å². The average Bonchev–Trinajstić information content (AvgIpc) is 2.26. The summed E-state index contributed by atoms with van der Waals surface area (Å²) in [4.78, 5) is 20.1. The van der Waals surface area contributed by atoms with Gasteiger partial charge >= 0.3 is 5.97 Å². The van der Waals surface area contributed by atoms with E-state index in [2.05, 4.69) is 16.3 Å². The lowest BCUT2D eigenvalue weighted by Crippen LogP contribution is -2.41. The molecule has 1 atom stereocenters. The first-order valence-electron chi connectivity index (χ1n) is 5.52. The highest BCUT2D eigenvalue weighted by Gasteiger charge is 2.21. The number of carboxylic acids is 1. The second-order valence-corrected chi connectivity index (χ2v) is 6.25. The number of hydrogen-bond acceptors (Lipinski definition) is 4. The molecular weight excluding hydrogens is 306 g/mol. The van der Waals surface area contributed by atoms with Crippen LogP contribution in [-0.2, 0) is 26.0 Å². The van der Waals surface area contributed by atoms with E-state index in [0.717, 1.165) is 11.8 Å². The van der Waals surface area contributed by atoms with Crippen LogP contribution >= 0.6 is 11.6 Å². The molecule has 20 heavy (non-hydrogen) atoms. The highest BCUT2D eigenvalue weighted by atomic mass is 35.5. The van der Waals surface area contributed by atoms with Gasteiger partial charge in [0.1, 0.15) is 6.04 Å². The van der Waals surface area contributed by atoms with Crippen molar-refractivity contribution in [2.75, 3.05) is 6.26 Å². The van der Waals surface area contributed by atoms with Crippen LogP contribution in [0.3, 0.4) is 0 Å². The van der Waals surface area contributed by atoms with Crippen molar-refractivity contribution in [2.45, 2.75) is 19.4 Å². The first-order chi connectivity index (χ1) is 9.11. The fourth-order valence-corrected chi connectivity index (χ4v) is 1.99. The normalized spacial score (nSPS) is 11.9.